The molecule has 2 saturated heterocycles. The van der Waals surface area contributed by atoms with Crippen LogP contribution in [0.5, 0.6) is 0 Å². The van der Waals surface area contributed by atoms with Gasteiger partial charge >= 0.3 is 0 Å². The van der Waals surface area contributed by atoms with E-state index in [0.29, 0.717) is 16.6 Å². The Hall–Kier alpha value is -1.30. The fourth-order valence-electron chi connectivity index (χ4n) is 3.72. The highest BCUT2D eigenvalue weighted by atomic mass is 35.5. The van der Waals surface area contributed by atoms with Crippen molar-refractivity contribution in [2.24, 2.45) is 0 Å². The number of halogens is 1. The van der Waals surface area contributed by atoms with Crippen molar-refractivity contribution in [1.29, 1.82) is 0 Å². The number of carbonyl (C=O) groups is 1. The number of hydrogen-bond donors (Lipinski definition) is 1. The van der Waals surface area contributed by atoms with Crippen LogP contribution in [0.1, 0.15) is 37.0 Å². The Bertz CT molecular complexity index is 617. The van der Waals surface area contributed by atoms with Gasteiger partial charge in [0.25, 0.3) is 5.91 Å². The van der Waals surface area contributed by atoms with Gasteiger partial charge < -0.3 is 15.0 Å². The normalized spacial score (nSPS) is 24.3. The van der Waals surface area contributed by atoms with Crippen molar-refractivity contribution in [1.82, 2.24) is 10.2 Å². The van der Waals surface area contributed by atoms with Gasteiger partial charge in [0.1, 0.15) is 0 Å². The third-order valence-electron chi connectivity index (χ3n) is 5.30. The molecule has 0 saturated carbocycles. The zero-order valence-electron chi connectivity index (χ0n) is 15.3. The number of nitrogens with zero attached hydrogens (tertiary/aromatic N) is 2. The highest BCUT2D eigenvalue weighted by Crippen LogP contribution is 2.29. The van der Waals surface area contributed by atoms with Crippen LogP contribution in [0.15, 0.2) is 18.2 Å². The summed E-state index contributed by atoms with van der Waals surface area (Å²) in [6.45, 7) is 8.04. The second-order valence-electron chi connectivity index (χ2n) is 7.26. The summed E-state index contributed by atoms with van der Waals surface area (Å²) >= 11 is 6.44. The van der Waals surface area contributed by atoms with Gasteiger partial charge in [-0.15, -0.1) is 0 Å². The molecule has 0 unspecified atom stereocenters. The molecule has 0 bridgehead atoms. The van der Waals surface area contributed by atoms with Crippen LogP contribution in [0.4, 0.5) is 5.69 Å². The van der Waals surface area contributed by atoms with Gasteiger partial charge in [0.2, 0.25) is 0 Å². The Kier molecular flexibility index (Phi) is 5.87. The minimum Gasteiger partial charge on any atom is -0.378 e. The molecular weight excluding hydrogens is 338 g/mol. The molecule has 2 aliphatic heterocycles. The van der Waals surface area contributed by atoms with Crippen molar-refractivity contribution in [3.05, 3.63) is 28.8 Å². The van der Waals surface area contributed by atoms with E-state index in [4.69, 9.17) is 16.3 Å². The van der Waals surface area contributed by atoms with Crippen molar-refractivity contribution in [2.75, 3.05) is 38.2 Å². The quantitative estimate of drug-likeness (QED) is 0.871. The summed E-state index contributed by atoms with van der Waals surface area (Å²) in [6.07, 6.45) is 2.42. The van der Waals surface area contributed by atoms with Crippen LogP contribution in [0.2, 0.25) is 5.02 Å². The second kappa shape index (κ2) is 7.94. The zero-order chi connectivity index (χ0) is 18.0. The minimum absolute atomic E-state index is 0.00284. The second-order valence-corrected chi connectivity index (χ2v) is 7.67. The third-order valence-corrected chi connectivity index (χ3v) is 5.60. The van der Waals surface area contributed by atoms with Crippen LogP contribution < -0.4 is 10.2 Å². The van der Waals surface area contributed by atoms with Crippen molar-refractivity contribution in [3.8, 4) is 0 Å². The lowest BCUT2D eigenvalue weighted by molar-refractivity contribution is 0.0753. The highest BCUT2D eigenvalue weighted by molar-refractivity contribution is 6.33. The summed E-state index contributed by atoms with van der Waals surface area (Å²) in [5.74, 6) is -0.0903. The molecule has 138 valence electrons. The molecule has 0 radical (unpaired) electrons. The Labute approximate surface area is 155 Å². The fourth-order valence-corrected chi connectivity index (χ4v) is 4.02. The topological polar surface area (TPSA) is 44.8 Å². The standard InChI is InChI=1S/C19H28ClN3O2/c1-13(2)23-11-16(18(12-23)25-3)21-19(24)14-6-7-17(15(20)10-14)22-8-4-5-9-22/h6-7,10,13,16,18H,4-5,8-9,11-12H2,1-3H3,(H,21,24)/t16-,18-/m1/s1. The van der Waals surface area contributed by atoms with Crippen molar-refractivity contribution in [3.63, 3.8) is 0 Å². The molecule has 2 aliphatic rings. The SMILES string of the molecule is CO[C@@H]1CN(C(C)C)C[C@H]1NC(=O)c1ccc(N2CCCC2)c(Cl)c1. The van der Waals surface area contributed by atoms with Gasteiger partial charge in [-0.25, -0.2) is 0 Å². The summed E-state index contributed by atoms with van der Waals surface area (Å²) in [6, 6.07) is 6.05. The lowest BCUT2D eigenvalue weighted by Gasteiger charge is -2.21. The number of rotatable bonds is 5. The van der Waals surface area contributed by atoms with Gasteiger partial charge in [-0.3, -0.25) is 9.69 Å². The van der Waals surface area contributed by atoms with Crippen molar-refractivity contribution >= 4 is 23.2 Å². The lowest BCUT2D eigenvalue weighted by atomic mass is 10.1. The van der Waals surface area contributed by atoms with Gasteiger partial charge in [-0.05, 0) is 44.9 Å². The predicted molar refractivity (Wildman–Crippen MR) is 102 cm³/mol. The molecule has 0 aliphatic carbocycles. The molecule has 3 rings (SSSR count). The number of benzene rings is 1. The molecule has 2 atom stereocenters. The molecule has 25 heavy (non-hydrogen) atoms. The van der Waals surface area contributed by atoms with E-state index in [2.05, 4.69) is 29.0 Å². The van der Waals surface area contributed by atoms with E-state index in [9.17, 15) is 4.79 Å². The smallest absolute Gasteiger partial charge is 0.251 e. The first-order valence-electron chi connectivity index (χ1n) is 9.12. The molecule has 1 aromatic rings. The largest absolute Gasteiger partial charge is 0.378 e. The highest BCUT2D eigenvalue weighted by Gasteiger charge is 2.35. The number of carbonyl (C=O) groups excluding carboxylic acids is 1. The number of likely N-dealkylation sites (tertiary alicyclic amines) is 1. The van der Waals surface area contributed by atoms with E-state index in [1.165, 1.54) is 12.8 Å². The summed E-state index contributed by atoms with van der Waals surface area (Å²) in [7, 11) is 1.70. The van der Waals surface area contributed by atoms with Crippen LogP contribution >= 0.6 is 11.6 Å². The van der Waals surface area contributed by atoms with Gasteiger partial charge in [-0.1, -0.05) is 11.6 Å². The zero-order valence-corrected chi connectivity index (χ0v) is 16.1. The summed E-state index contributed by atoms with van der Waals surface area (Å²) < 4.78 is 5.56. The molecule has 2 fully saturated rings. The Balaban J connectivity index is 1.67. The predicted octanol–water partition coefficient (Wildman–Crippen LogP) is 2.78. The third kappa shape index (κ3) is 4.10. The summed E-state index contributed by atoms with van der Waals surface area (Å²) in [5.41, 5.74) is 1.63. The molecule has 2 heterocycles. The van der Waals surface area contributed by atoms with Gasteiger partial charge in [0.15, 0.2) is 0 Å². The fraction of sp³-hybridized carbons (Fsp3) is 0.632. The minimum atomic E-state index is -0.0903. The Morgan fingerprint density at radius 3 is 2.60 bits per heavy atom. The molecule has 0 spiro atoms. The number of hydrogen-bond acceptors (Lipinski definition) is 4. The van der Waals surface area contributed by atoms with E-state index >= 15 is 0 Å². The van der Waals surface area contributed by atoms with Crippen molar-refractivity contribution in [2.45, 2.75) is 44.9 Å². The maximum absolute atomic E-state index is 12.7. The first-order valence-corrected chi connectivity index (χ1v) is 9.49. The number of anilines is 1. The number of methoxy groups -OCH3 is 1. The monoisotopic (exact) mass is 365 g/mol. The molecule has 1 N–H and O–H groups in total. The van der Waals surface area contributed by atoms with Gasteiger partial charge in [0, 0.05) is 44.9 Å². The Morgan fingerprint density at radius 1 is 1.28 bits per heavy atom. The van der Waals surface area contributed by atoms with Crippen molar-refractivity contribution < 1.29 is 9.53 Å². The maximum atomic E-state index is 12.7. The molecule has 1 amide bonds. The molecule has 0 aromatic heterocycles. The summed E-state index contributed by atoms with van der Waals surface area (Å²) in [5, 5.41) is 3.77. The first kappa shape index (κ1) is 18.5. The van der Waals surface area contributed by atoms with Crippen LogP contribution in [-0.4, -0.2) is 62.3 Å². The molecule has 6 heteroatoms. The van der Waals surface area contributed by atoms with Crippen LogP contribution in [0, 0.1) is 0 Å². The van der Waals surface area contributed by atoms with E-state index in [0.717, 1.165) is 31.9 Å². The number of nitrogens with one attached hydrogen (secondary N) is 1. The Morgan fingerprint density at radius 2 is 2.00 bits per heavy atom. The molecule has 5 nitrogen and oxygen atoms in total. The molecular formula is C19H28ClN3O2. The summed E-state index contributed by atoms with van der Waals surface area (Å²) in [4.78, 5) is 17.3. The molecule has 1 aromatic carbocycles. The van der Waals surface area contributed by atoms with Crippen LogP contribution in [0.25, 0.3) is 0 Å². The lowest BCUT2D eigenvalue weighted by Crippen LogP contribution is -2.43. The first-order chi connectivity index (χ1) is 12.0. The number of amides is 1. The number of ether oxygens (including phenoxy) is 1. The van der Waals surface area contributed by atoms with Gasteiger partial charge in [0.05, 0.1) is 22.9 Å². The van der Waals surface area contributed by atoms with Crippen LogP contribution in [-0.2, 0) is 4.74 Å². The van der Waals surface area contributed by atoms with E-state index in [-0.39, 0.29) is 18.1 Å². The maximum Gasteiger partial charge on any atom is 0.251 e. The van der Waals surface area contributed by atoms with E-state index in [1.54, 1.807) is 13.2 Å². The van der Waals surface area contributed by atoms with Gasteiger partial charge in [-0.2, -0.15) is 0 Å². The van der Waals surface area contributed by atoms with E-state index < -0.39 is 0 Å². The van der Waals surface area contributed by atoms with E-state index in [1.807, 2.05) is 12.1 Å². The average molecular weight is 366 g/mol. The average Bonchev–Trinajstić information content (AvgIpc) is 3.24. The van der Waals surface area contributed by atoms with Crippen LogP contribution in [0.3, 0.4) is 0 Å².